The van der Waals surface area contributed by atoms with Crippen molar-refractivity contribution in [3.8, 4) is 16.9 Å². The van der Waals surface area contributed by atoms with Gasteiger partial charge in [-0.2, -0.15) is 0 Å². The molecule has 0 bridgehead atoms. The summed E-state index contributed by atoms with van der Waals surface area (Å²) in [5.41, 5.74) is 2.92. The third kappa shape index (κ3) is 2.41. The average molecular weight is 279 g/mol. The molecule has 0 saturated heterocycles. The van der Waals surface area contributed by atoms with Gasteiger partial charge < -0.3 is 5.11 Å². The highest BCUT2D eigenvalue weighted by atomic mass is 16.4. The summed E-state index contributed by atoms with van der Waals surface area (Å²) in [6.07, 6.45) is 0. The van der Waals surface area contributed by atoms with Gasteiger partial charge in [0, 0.05) is 5.56 Å². The second-order valence-corrected chi connectivity index (χ2v) is 4.71. The van der Waals surface area contributed by atoms with Gasteiger partial charge in [0.1, 0.15) is 5.69 Å². The molecule has 0 aliphatic rings. The maximum absolute atomic E-state index is 11.6. The van der Waals surface area contributed by atoms with Gasteiger partial charge in [-0.15, -0.1) is 5.10 Å². The van der Waals surface area contributed by atoms with Gasteiger partial charge in [0.2, 0.25) is 0 Å². The lowest BCUT2D eigenvalue weighted by Crippen LogP contribution is -2.09. The van der Waals surface area contributed by atoms with Gasteiger partial charge in [0.25, 0.3) is 0 Å². The number of carbonyl (C=O) groups is 1. The summed E-state index contributed by atoms with van der Waals surface area (Å²) in [6, 6.07) is 16.6. The van der Waals surface area contributed by atoms with E-state index < -0.39 is 5.97 Å². The van der Waals surface area contributed by atoms with Gasteiger partial charge in [-0.25, -0.2) is 9.48 Å². The number of hydrogen-bond acceptors (Lipinski definition) is 3. The first-order chi connectivity index (χ1) is 10.2. The Hall–Kier alpha value is -2.95. The Balaban J connectivity index is 2.17. The van der Waals surface area contributed by atoms with Crippen LogP contribution in [0.3, 0.4) is 0 Å². The highest BCUT2D eigenvalue weighted by molar-refractivity contribution is 5.93. The Morgan fingerprint density at radius 3 is 2.33 bits per heavy atom. The topological polar surface area (TPSA) is 68.0 Å². The van der Waals surface area contributed by atoms with Crippen LogP contribution in [0, 0.1) is 6.92 Å². The standard InChI is InChI=1S/C16H13N3O2/c1-11-7-9-13(10-8-11)19-15(16(20)21)14(17-18-19)12-5-3-2-4-6-12/h2-10H,1H3,(H,20,21). The van der Waals surface area contributed by atoms with Crippen molar-refractivity contribution in [2.24, 2.45) is 0 Å². The van der Waals surface area contributed by atoms with Crippen molar-refractivity contribution in [1.82, 2.24) is 15.0 Å². The van der Waals surface area contributed by atoms with Crippen molar-refractivity contribution in [3.63, 3.8) is 0 Å². The first-order valence-corrected chi connectivity index (χ1v) is 6.48. The molecule has 3 rings (SSSR count). The smallest absolute Gasteiger partial charge is 0.357 e. The normalized spacial score (nSPS) is 10.5. The molecule has 0 aliphatic carbocycles. The molecule has 104 valence electrons. The summed E-state index contributed by atoms with van der Waals surface area (Å²) in [4.78, 5) is 11.6. The van der Waals surface area contributed by atoms with Crippen molar-refractivity contribution < 1.29 is 9.90 Å². The molecule has 0 unspecified atom stereocenters. The molecule has 0 fully saturated rings. The van der Waals surface area contributed by atoms with Crippen molar-refractivity contribution >= 4 is 5.97 Å². The summed E-state index contributed by atoms with van der Waals surface area (Å²) in [6.45, 7) is 1.97. The molecule has 2 aromatic carbocycles. The first-order valence-electron chi connectivity index (χ1n) is 6.48. The van der Waals surface area contributed by atoms with Crippen LogP contribution in [0.1, 0.15) is 16.1 Å². The second-order valence-electron chi connectivity index (χ2n) is 4.71. The lowest BCUT2D eigenvalue weighted by Gasteiger charge is -2.04. The summed E-state index contributed by atoms with van der Waals surface area (Å²) >= 11 is 0. The van der Waals surface area contributed by atoms with Gasteiger partial charge in [-0.1, -0.05) is 53.2 Å². The van der Waals surface area contributed by atoms with Gasteiger partial charge in [-0.05, 0) is 19.1 Å². The fraction of sp³-hybridized carbons (Fsp3) is 0.0625. The van der Waals surface area contributed by atoms with Gasteiger partial charge in [0.15, 0.2) is 5.69 Å². The molecule has 0 amide bonds. The van der Waals surface area contributed by atoms with E-state index in [4.69, 9.17) is 0 Å². The minimum absolute atomic E-state index is 0.0602. The Bertz CT molecular complexity index is 777. The number of carboxylic acid groups (broad SMARTS) is 1. The number of aromatic carboxylic acids is 1. The molecule has 0 radical (unpaired) electrons. The number of carboxylic acids is 1. The second kappa shape index (κ2) is 5.20. The molecule has 0 atom stereocenters. The predicted molar refractivity (Wildman–Crippen MR) is 78.5 cm³/mol. The van der Waals surface area contributed by atoms with Crippen LogP contribution in [0.5, 0.6) is 0 Å². The molecule has 5 heteroatoms. The lowest BCUT2D eigenvalue weighted by molar-refractivity contribution is 0.0688. The number of aryl methyl sites for hydroxylation is 1. The van der Waals surface area contributed by atoms with Crippen molar-refractivity contribution in [2.75, 3.05) is 0 Å². The molecule has 1 N–H and O–H groups in total. The van der Waals surface area contributed by atoms with Crippen molar-refractivity contribution in [3.05, 3.63) is 65.9 Å². The van der Waals surface area contributed by atoms with Crippen molar-refractivity contribution in [2.45, 2.75) is 6.92 Å². The molecule has 5 nitrogen and oxygen atoms in total. The summed E-state index contributed by atoms with van der Waals surface area (Å²) < 4.78 is 1.35. The minimum Gasteiger partial charge on any atom is -0.476 e. The number of hydrogen-bond donors (Lipinski definition) is 1. The molecule has 0 spiro atoms. The molecule has 0 aliphatic heterocycles. The predicted octanol–water partition coefficient (Wildman–Crippen LogP) is 2.94. The Morgan fingerprint density at radius 1 is 1.05 bits per heavy atom. The van der Waals surface area contributed by atoms with Crippen LogP contribution in [0.4, 0.5) is 0 Å². The van der Waals surface area contributed by atoms with Crippen LogP contribution in [0.25, 0.3) is 16.9 Å². The largest absolute Gasteiger partial charge is 0.476 e. The van der Waals surface area contributed by atoms with E-state index in [-0.39, 0.29) is 5.69 Å². The lowest BCUT2D eigenvalue weighted by atomic mass is 10.1. The van der Waals surface area contributed by atoms with E-state index in [0.717, 1.165) is 11.1 Å². The van der Waals surface area contributed by atoms with E-state index in [2.05, 4.69) is 10.3 Å². The minimum atomic E-state index is -1.06. The number of aromatic nitrogens is 3. The zero-order valence-corrected chi connectivity index (χ0v) is 11.4. The van der Waals surface area contributed by atoms with Crippen LogP contribution in [-0.2, 0) is 0 Å². The van der Waals surface area contributed by atoms with Gasteiger partial charge >= 0.3 is 5.97 Å². The molecule has 21 heavy (non-hydrogen) atoms. The molecule has 3 aromatic rings. The highest BCUT2D eigenvalue weighted by Gasteiger charge is 2.21. The van der Waals surface area contributed by atoms with Crippen LogP contribution in [0.15, 0.2) is 54.6 Å². The van der Waals surface area contributed by atoms with Crippen LogP contribution >= 0.6 is 0 Å². The zero-order valence-electron chi connectivity index (χ0n) is 11.4. The molecular formula is C16H13N3O2. The zero-order chi connectivity index (χ0) is 14.8. The van der Waals surface area contributed by atoms with E-state index in [0.29, 0.717) is 11.4 Å². The van der Waals surface area contributed by atoms with E-state index in [1.807, 2.05) is 61.5 Å². The SMILES string of the molecule is Cc1ccc(-n2nnc(-c3ccccc3)c2C(=O)O)cc1. The van der Waals surface area contributed by atoms with E-state index in [1.54, 1.807) is 0 Å². The maximum Gasteiger partial charge on any atom is 0.357 e. The van der Waals surface area contributed by atoms with Crippen LogP contribution in [0.2, 0.25) is 0 Å². The number of benzene rings is 2. The summed E-state index contributed by atoms with van der Waals surface area (Å²) in [5, 5.41) is 17.5. The Kier molecular flexibility index (Phi) is 3.23. The fourth-order valence-electron chi connectivity index (χ4n) is 2.13. The maximum atomic E-state index is 11.6. The fourth-order valence-corrected chi connectivity index (χ4v) is 2.13. The van der Waals surface area contributed by atoms with Gasteiger partial charge in [0.05, 0.1) is 5.69 Å². The van der Waals surface area contributed by atoms with E-state index >= 15 is 0 Å². The van der Waals surface area contributed by atoms with Crippen molar-refractivity contribution in [1.29, 1.82) is 0 Å². The molecular weight excluding hydrogens is 266 g/mol. The van der Waals surface area contributed by atoms with Crippen LogP contribution < -0.4 is 0 Å². The summed E-state index contributed by atoms with van der Waals surface area (Å²) in [5.74, 6) is -1.06. The third-order valence-corrected chi connectivity index (χ3v) is 3.20. The van der Waals surface area contributed by atoms with Crippen LogP contribution in [-0.4, -0.2) is 26.1 Å². The highest BCUT2D eigenvalue weighted by Crippen LogP contribution is 2.23. The quantitative estimate of drug-likeness (QED) is 0.800. The average Bonchev–Trinajstić information content (AvgIpc) is 2.94. The Labute approximate surface area is 121 Å². The number of nitrogens with zero attached hydrogens (tertiary/aromatic N) is 3. The monoisotopic (exact) mass is 279 g/mol. The molecule has 1 heterocycles. The van der Waals surface area contributed by atoms with Gasteiger partial charge in [-0.3, -0.25) is 0 Å². The molecule has 0 saturated carbocycles. The van der Waals surface area contributed by atoms with E-state index in [1.165, 1.54) is 4.68 Å². The third-order valence-electron chi connectivity index (χ3n) is 3.20. The summed E-state index contributed by atoms with van der Waals surface area (Å²) in [7, 11) is 0. The molecule has 1 aromatic heterocycles. The Morgan fingerprint density at radius 2 is 1.71 bits per heavy atom. The van der Waals surface area contributed by atoms with E-state index in [9.17, 15) is 9.90 Å². The first kappa shape index (κ1) is 13.1. The number of rotatable bonds is 3.